The Balaban J connectivity index is 1.62. The fraction of sp³-hybridized carbons (Fsp3) is 0.136. The Morgan fingerprint density at radius 3 is 2.52 bits per heavy atom. The molecular formula is C22H20FN3O2S. The zero-order valence-corrected chi connectivity index (χ0v) is 16.7. The molecule has 0 saturated heterocycles. The number of sulfonamides is 1. The summed E-state index contributed by atoms with van der Waals surface area (Å²) in [5.74, 6) is 0.350. The van der Waals surface area contributed by atoms with Crippen molar-refractivity contribution >= 4 is 21.1 Å². The second-order valence-electron chi connectivity index (χ2n) is 6.80. The Kier molecular flexibility index (Phi) is 5.17. The van der Waals surface area contributed by atoms with E-state index in [-0.39, 0.29) is 17.3 Å². The molecule has 0 aliphatic rings. The summed E-state index contributed by atoms with van der Waals surface area (Å²) >= 11 is 0. The van der Waals surface area contributed by atoms with E-state index in [0.717, 1.165) is 22.2 Å². The maximum absolute atomic E-state index is 13.3. The zero-order valence-electron chi connectivity index (χ0n) is 15.8. The summed E-state index contributed by atoms with van der Waals surface area (Å²) in [4.78, 5) is 4.90. The van der Waals surface area contributed by atoms with Gasteiger partial charge < -0.3 is 4.57 Å². The normalized spacial score (nSPS) is 11.8. The quantitative estimate of drug-likeness (QED) is 0.521. The molecule has 0 bridgehead atoms. The molecule has 0 unspecified atom stereocenters. The third kappa shape index (κ3) is 4.06. The molecule has 4 aromatic rings. The van der Waals surface area contributed by atoms with Crippen molar-refractivity contribution in [3.8, 4) is 11.4 Å². The lowest BCUT2D eigenvalue weighted by Crippen LogP contribution is -2.27. The lowest BCUT2D eigenvalue weighted by Gasteiger charge is -2.11. The maximum Gasteiger partial charge on any atom is 0.240 e. The van der Waals surface area contributed by atoms with Crippen LogP contribution >= 0.6 is 0 Å². The van der Waals surface area contributed by atoms with E-state index in [1.165, 1.54) is 12.1 Å². The Morgan fingerprint density at radius 2 is 1.76 bits per heavy atom. The van der Waals surface area contributed by atoms with Crippen LogP contribution in [0.3, 0.4) is 0 Å². The van der Waals surface area contributed by atoms with E-state index < -0.39 is 10.0 Å². The first kappa shape index (κ1) is 19.3. The van der Waals surface area contributed by atoms with E-state index in [1.54, 1.807) is 30.3 Å². The van der Waals surface area contributed by atoms with Crippen molar-refractivity contribution in [2.24, 2.45) is 0 Å². The number of hydrogen-bond acceptors (Lipinski definition) is 3. The number of rotatable bonds is 6. The first-order valence-corrected chi connectivity index (χ1v) is 10.7. The lowest BCUT2D eigenvalue weighted by molar-refractivity contribution is 0.574. The third-order valence-electron chi connectivity index (χ3n) is 4.68. The molecule has 148 valence electrons. The number of imidazole rings is 1. The summed E-state index contributed by atoms with van der Waals surface area (Å²) in [5.41, 5.74) is 3.34. The van der Waals surface area contributed by atoms with Crippen molar-refractivity contribution in [3.05, 3.63) is 84.2 Å². The van der Waals surface area contributed by atoms with Crippen LogP contribution in [0.4, 0.5) is 4.39 Å². The first-order chi connectivity index (χ1) is 13.9. The molecule has 29 heavy (non-hydrogen) atoms. The predicted molar refractivity (Wildman–Crippen MR) is 111 cm³/mol. The summed E-state index contributed by atoms with van der Waals surface area (Å²) in [6.45, 7) is 2.44. The molecule has 0 amide bonds. The number of hydrogen-bond donors (Lipinski definition) is 1. The van der Waals surface area contributed by atoms with Crippen molar-refractivity contribution < 1.29 is 12.8 Å². The SMILES string of the molecule is Cc1cccc(S(=O)(=O)NCCn2c(-c3ccc(F)cc3)nc3ccccc32)c1. The molecule has 0 radical (unpaired) electrons. The van der Waals surface area contributed by atoms with E-state index in [2.05, 4.69) is 9.71 Å². The van der Waals surface area contributed by atoms with E-state index in [9.17, 15) is 12.8 Å². The molecule has 0 aliphatic heterocycles. The van der Waals surface area contributed by atoms with Gasteiger partial charge in [0.2, 0.25) is 10.0 Å². The minimum absolute atomic E-state index is 0.199. The largest absolute Gasteiger partial charge is 0.323 e. The Morgan fingerprint density at radius 1 is 1.00 bits per heavy atom. The molecule has 0 fully saturated rings. The second-order valence-corrected chi connectivity index (χ2v) is 8.56. The summed E-state index contributed by atoms with van der Waals surface area (Å²) in [7, 11) is -3.61. The molecule has 0 atom stereocenters. The molecule has 0 spiro atoms. The van der Waals surface area contributed by atoms with Crippen LogP contribution in [0.15, 0.2) is 77.7 Å². The predicted octanol–water partition coefficient (Wildman–Crippen LogP) is 4.13. The number of para-hydroxylation sites is 2. The lowest BCUT2D eigenvalue weighted by atomic mass is 10.2. The molecule has 1 aromatic heterocycles. The van der Waals surface area contributed by atoms with Crippen LogP contribution in [0.5, 0.6) is 0 Å². The highest BCUT2D eigenvalue weighted by molar-refractivity contribution is 7.89. The van der Waals surface area contributed by atoms with Gasteiger partial charge in [-0.15, -0.1) is 0 Å². The van der Waals surface area contributed by atoms with Crippen molar-refractivity contribution in [2.45, 2.75) is 18.4 Å². The third-order valence-corrected chi connectivity index (χ3v) is 6.14. The summed E-state index contributed by atoms with van der Waals surface area (Å²) in [6.07, 6.45) is 0. The number of fused-ring (bicyclic) bond motifs is 1. The van der Waals surface area contributed by atoms with E-state index in [1.807, 2.05) is 41.8 Å². The molecule has 5 nitrogen and oxygen atoms in total. The van der Waals surface area contributed by atoms with Crippen LogP contribution in [0.25, 0.3) is 22.4 Å². The highest BCUT2D eigenvalue weighted by atomic mass is 32.2. The summed E-state index contributed by atoms with van der Waals surface area (Å²) in [6, 6.07) is 20.5. The average Bonchev–Trinajstić information content (AvgIpc) is 3.07. The molecular weight excluding hydrogens is 389 g/mol. The molecule has 1 heterocycles. The van der Waals surface area contributed by atoms with Crippen molar-refractivity contribution in [1.82, 2.24) is 14.3 Å². The van der Waals surface area contributed by atoms with Crippen LogP contribution in [-0.4, -0.2) is 24.5 Å². The number of nitrogens with zero attached hydrogens (tertiary/aromatic N) is 2. The van der Waals surface area contributed by atoms with Crippen LogP contribution in [0, 0.1) is 12.7 Å². The number of benzene rings is 3. The smallest absolute Gasteiger partial charge is 0.240 e. The van der Waals surface area contributed by atoms with Gasteiger partial charge in [0.1, 0.15) is 11.6 Å². The molecule has 0 saturated carbocycles. The number of nitrogens with one attached hydrogen (secondary N) is 1. The monoisotopic (exact) mass is 409 g/mol. The summed E-state index contributed by atoms with van der Waals surface area (Å²) in [5, 5.41) is 0. The van der Waals surface area contributed by atoms with Gasteiger partial charge in [-0.2, -0.15) is 0 Å². The van der Waals surface area contributed by atoms with Crippen LogP contribution in [0.2, 0.25) is 0 Å². The van der Waals surface area contributed by atoms with Crippen molar-refractivity contribution in [3.63, 3.8) is 0 Å². The standard InChI is InChI=1S/C22H20FN3O2S/c1-16-5-4-6-19(15-16)29(27,28)24-13-14-26-21-8-3-2-7-20(21)25-22(26)17-9-11-18(23)12-10-17/h2-12,15,24H,13-14H2,1H3. The van der Waals surface area contributed by atoms with Crippen molar-refractivity contribution in [1.29, 1.82) is 0 Å². The minimum atomic E-state index is -3.61. The Hall–Kier alpha value is -3.03. The Bertz CT molecular complexity index is 1260. The fourth-order valence-corrected chi connectivity index (χ4v) is 4.40. The van der Waals surface area contributed by atoms with Crippen LogP contribution in [0.1, 0.15) is 5.56 Å². The highest BCUT2D eigenvalue weighted by Gasteiger charge is 2.16. The summed E-state index contributed by atoms with van der Waals surface area (Å²) < 4.78 is 43.1. The van der Waals surface area contributed by atoms with Gasteiger partial charge >= 0.3 is 0 Å². The first-order valence-electron chi connectivity index (χ1n) is 9.21. The van der Waals surface area contributed by atoms with Gasteiger partial charge in [0.05, 0.1) is 15.9 Å². The van der Waals surface area contributed by atoms with Gasteiger partial charge in [-0.05, 0) is 61.0 Å². The molecule has 1 N–H and O–H groups in total. The molecule has 3 aromatic carbocycles. The molecule has 7 heteroatoms. The van der Waals surface area contributed by atoms with Crippen LogP contribution in [-0.2, 0) is 16.6 Å². The minimum Gasteiger partial charge on any atom is -0.323 e. The van der Waals surface area contributed by atoms with Gasteiger partial charge in [0.25, 0.3) is 0 Å². The Labute approximate surface area is 168 Å². The highest BCUT2D eigenvalue weighted by Crippen LogP contribution is 2.25. The molecule has 4 rings (SSSR count). The average molecular weight is 409 g/mol. The van der Waals surface area contributed by atoms with Gasteiger partial charge in [0.15, 0.2) is 0 Å². The van der Waals surface area contributed by atoms with Gasteiger partial charge in [-0.3, -0.25) is 0 Å². The van der Waals surface area contributed by atoms with Crippen molar-refractivity contribution in [2.75, 3.05) is 6.54 Å². The van der Waals surface area contributed by atoms with Crippen LogP contribution < -0.4 is 4.72 Å². The zero-order chi connectivity index (χ0) is 20.4. The van der Waals surface area contributed by atoms with Gasteiger partial charge in [0, 0.05) is 18.7 Å². The number of halogens is 1. The van der Waals surface area contributed by atoms with E-state index in [0.29, 0.717) is 12.4 Å². The second kappa shape index (κ2) is 7.77. The van der Waals surface area contributed by atoms with Gasteiger partial charge in [-0.25, -0.2) is 22.5 Å². The number of aromatic nitrogens is 2. The van der Waals surface area contributed by atoms with E-state index >= 15 is 0 Å². The topological polar surface area (TPSA) is 64.0 Å². The van der Waals surface area contributed by atoms with E-state index in [4.69, 9.17) is 0 Å². The maximum atomic E-state index is 13.3. The number of aryl methyl sites for hydroxylation is 1. The van der Waals surface area contributed by atoms with Gasteiger partial charge in [-0.1, -0.05) is 24.3 Å². The molecule has 0 aliphatic carbocycles. The fourth-order valence-electron chi connectivity index (χ4n) is 3.28.